The standard InChI is InChI=1S/C14H10Cl5N/c1-7(8-5-6-9(15)13(19)12(8)18)20-14-10(16)3-2-4-11(14)17/h2-7,20H,1H3. The number of hydrogen-bond donors (Lipinski definition) is 1. The summed E-state index contributed by atoms with van der Waals surface area (Å²) >= 11 is 30.4. The van der Waals surface area contributed by atoms with Gasteiger partial charge in [0, 0.05) is 0 Å². The minimum Gasteiger partial charge on any atom is -0.376 e. The van der Waals surface area contributed by atoms with Gasteiger partial charge in [0.05, 0.1) is 36.8 Å². The highest BCUT2D eigenvalue weighted by molar-refractivity contribution is 6.48. The molecule has 1 atom stereocenters. The molecule has 0 saturated heterocycles. The number of anilines is 1. The van der Waals surface area contributed by atoms with E-state index >= 15 is 0 Å². The van der Waals surface area contributed by atoms with Crippen molar-refractivity contribution < 1.29 is 0 Å². The van der Waals surface area contributed by atoms with E-state index in [-0.39, 0.29) is 6.04 Å². The van der Waals surface area contributed by atoms with E-state index in [1.54, 1.807) is 24.3 Å². The minimum atomic E-state index is -0.130. The second kappa shape index (κ2) is 6.64. The lowest BCUT2D eigenvalue weighted by Gasteiger charge is -2.19. The number of para-hydroxylation sites is 1. The van der Waals surface area contributed by atoms with E-state index in [9.17, 15) is 0 Å². The maximum absolute atomic E-state index is 6.22. The van der Waals surface area contributed by atoms with Crippen molar-refractivity contribution in [2.24, 2.45) is 0 Å². The number of halogens is 5. The van der Waals surface area contributed by atoms with Gasteiger partial charge in [-0.1, -0.05) is 70.1 Å². The first-order chi connectivity index (χ1) is 9.41. The Labute approximate surface area is 142 Å². The quantitative estimate of drug-likeness (QED) is 0.568. The molecule has 6 heteroatoms. The van der Waals surface area contributed by atoms with E-state index in [0.717, 1.165) is 5.56 Å². The Kier molecular flexibility index (Phi) is 5.33. The Morgan fingerprint density at radius 1 is 0.800 bits per heavy atom. The van der Waals surface area contributed by atoms with Crippen LogP contribution in [0.1, 0.15) is 18.5 Å². The molecule has 1 unspecified atom stereocenters. The van der Waals surface area contributed by atoms with Gasteiger partial charge in [0.25, 0.3) is 0 Å². The molecule has 0 fully saturated rings. The maximum atomic E-state index is 6.22. The SMILES string of the molecule is CC(Nc1c(Cl)cccc1Cl)c1ccc(Cl)c(Cl)c1Cl. The molecule has 0 radical (unpaired) electrons. The van der Waals surface area contributed by atoms with Gasteiger partial charge in [-0.3, -0.25) is 0 Å². The fourth-order valence-corrected chi connectivity index (χ4v) is 3.02. The van der Waals surface area contributed by atoms with Gasteiger partial charge in [-0.25, -0.2) is 0 Å². The molecule has 106 valence electrons. The molecule has 1 N–H and O–H groups in total. The predicted molar refractivity (Wildman–Crippen MR) is 90.0 cm³/mol. The van der Waals surface area contributed by atoms with Crippen LogP contribution < -0.4 is 5.32 Å². The molecule has 0 amide bonds. The summed E-state index contributed by atoms with van der Waals surface area (Å²) in [5, 5.41) is 5.49. The topological polar surface area (TPSA) is 12.0 Å². The lowest BCUT2D eigenvalue weighted by Crippen LogP contribution is -2.08. The van der Waals surface area contributed by atoms with Crippen LogP contribution in [0.5, 0.6) is 0 Å². The Morgan fingerprint density at radius 2 is 1.40 bits per heavy atom. The summed E-state index contributed by atoms with van der Waals surface area (Å²) in [4.78, 5) is 0. The van der Waals surface area contributed by atoms with Gasteiger partial charge < -0.3 is 5.32 Å². The smallest absolute Gasteiger partial charge is 0.0782 e. The fourth-order valence-electron chi connectivity index (χ4n) is 1.81. The lowest BCUT2D eigenvalue weighted by molar-refractivity contribution is 0.885. The Bertz CT molecular complexity index is 621. The summed E-state index contributed by atoms with van der Waals surface area (Å²) in [6, 6.07) is 8.70. The lowest BCUT2D eigenvalue weighted by atomic mass is 10.1. The summed E-state index contributed by atoms with van der Waals surface area (Å²) in [7, 11) is 0. The van der Waals surface area contributed by atoms with Crippen molar-refractivity contribution in [3.63, 3.8) is 0 Å². The Hall–Kier alpha value is -0.310. The molecule has 1 nitrogen and oxygen atoms in total. The summed E-state index contributed by atoms with van der Waals surface area (Å²) in [5.41, 5.74) is 1.47. The van der Waals surface area contributed by atoms with E-state index in [4.69, 9.17) is 58.0 Å². The molecule has 0 aliphatic rings. The van der Waals surface area contributed by atoms with Gasteiger partial charge in [-0.05, 0) is 30.7 Å². The Morgan fingerprint density at radius 3 is 2.00 bits per heavy atom. The van der Waals surface area contributed by atoms with Crippen molar-refractivity contribution in [3.05, 3.63) is 61.0 Å². The van der Waals surface area contributed by atoms with Crippen molar-refractivity contribution in [2.75, 3.05) is 5.32 Å². The third-order valence-electron chi connectivity index (χ3n) is 2.86. The molecule has 0 bridgehead atoms. The minimum absolute atomic E-state index is 0.130. The van der Waals surface area contributed by atoms with Crippen molar-refractivity contribution in [2.45, 2.75) is 13.0 Å². The maximum Gasteiger partial charge on any atom is 0.0782 e. The fraction of sp³-hybridized carbons (Fsp3) is 0.143. The van der Waals surface area contributed by atoms with Crippen molar-refractivity contribution >= 4 is 63.7 Å². The average molecular weight is 370 g/mol. The molecule has 20 heavy (non-hydrogen) atoms. The third kappa shape index (κ3) is 3.29. The van der Waals surface area contributed by atoms with E-state index in [2.05, 4.69) is 5.32 Å². The Balaban J connectivity index is 2.34. The first kappa shape index (κ1) is 16.1. The second-order valence-corrected chi connectivity index (χ2v) is 6.20. The molecule has 0 spiro atoms. The predicted octanol–water partition coefficient (Wildman–Crippen LogP) is 7.13. The van der Waals surface area contributed by atoms with Gasteiger partial charge in [0.15, 0.2) is 0 Å². The number of benzene rings is 2. The van der Waals surface area contributed by atoms with Crippen LogP contribution >= 0.6 is 58.0 Å². The van der Waals surface area contributed by atoms with Crippen LogP contribution in [0.4, 0.5) is 5.69 Å². The average Bonchev–Trinajstić information content (AvgIpc) is 2.40. The normalized spacial score (nSPS) is 12.3. The molecule has 0 saturated carbocycles. The van der Waals surface area contributed by atoms with Crippen LogP contribution in [0.2, 0.25) is 25.1 Å². The monoisotopic (exact) mass is 367 g/mol. The molecule has 2 rings (SSSR count). The van der Waals surface area contributed by atoms with Gasteiger partial charge in [0.2, 0.25) is 0 Å². The molecular formula is C14H10Cl5N. The molecule has 0 aliphatic carbocycles. The molecule has 0 aliphatic heterocycles. The van der Waals surface area contributed by atoms with Crippen LogP contribution in [0.15, 0.2) is 30.3 Å². The summed E-state index contributed by atoms with van der Waals surface area (Å²) in [6.07, 6.45) is 0. The zero-order chi connectivity index (χ0) is 14.9. The van der Waals surface area contributed by atoms with Crippen molar-refractivity contribution in [1.82, 2.24) is 0 Å². The van der Waals surface area contributed by atoms with Crippen LogP contribution in [-0.2, 0) is 0 Å². The van der Waals surface area contributed by atoms with Crippen LogP contribution in [0, 0.1) is 0 Å². The van der Waals surface area contributed by atoms with E-state index < -0.39 is 0 Å². The first-order valence-electron chi connectivity index (χ1n) is 5.75. The molecule has 0 heterocycles. The van der Waals surface area contributed by atoms with Crippen molar-refractivity contribution in [3.8, 4) is 0 Å². The van der Waals surface area contributed by atoms with E-state index in [0.29, 0.717) is 30.8 Å². The van der Waals surface area contributed by atoms with Gasteiger partial charge >= 0.3 is 0 Å². The highest BCUT2D eigenvalue weighted by Crippen LogP contribution is 2.38. The zero-order valence-corrected chi connectivity index (χ0v) is 14.1. The van der Waals surface area contributed by atoms with Gasteiger partial charge in [0.1, 0.15) is 0 Å². The molecule has 2 aromatic carbocycles. The van der Waals surface area contributed by atoms with Crippen molar-refractivity contribution in [1.29, 1.82) is 0 Å². The largest absolute Gasteiger partial charge is 0.376 e. The van der Waals surface area contributed by atoms with E-state index in [1.165, 1.54) is 0 Å². The van der Waals surface area contributed by atoms with Crippen LogP contribution in [-0.4, -0.2) is 0 Å². The molecule has 0 aromatic heterocycles. The number of rotatable bonds is 3. The van der Waals surface area contributed by atoms with Crippen LogP contribution in [0.3, 0.4) is 0 Å². The zero-order valence-electron chi connectivity index (χ0n) is 10.4. The second-order valence-electron chi connectivity index (χ2n) is 4.23. The van der Waals surface area contributed by atoms with E-state index in [1.807, 2.05) is 13.0 Å². The van der Waals surface area contributed by atoms with Gasteiger partial charge in [-0.15, -0.1) is 0 Å². The number of hydrogen-bond acceptors (Lipinski definition) is 1. The first-order valence-corrected chi connectivity index (χ1v) is 7.64. The molecule has 2 aromatic rings. The highest BCUT2D eigenvalue weighted by Gasteiger charge is 2.16. The summed E-state index contributed by atoms with van der Waals surface area (Å²) in [6.45, 7) is 1.94. The third-order valence-corrected chi connectivity index (χ3v) is 4.79. The molecular weight excluding hydrogens is 359 g/mol. The van der Waals surface area contributed by atoms with Crippen LogP contribution in [0.25, 0.3) is 0 Å². The summed E-state index contributed by atoms with van der Waals surface area (Å²) < 4.78 is 0. The van der Waals surface area contributed by atoms with Gasteiger partial charge in [-0.2, -0.15) is 0 Å². The highest BCUT2D eigenvalue weighted by atomic mass is 35.5. The number of nitrogens with one attached hydrogen (secondary N) is 1. The summed E-state index contributed by atoms with van der Waals surface area (Å²) in [5.74, 6) is 0.